The molecule has 0 spiro atoms. The molecule has 106 valence electrons. The number of thiophene rings is 1. The van der Waals surface area contributed by atoms with E-state index in [0.29, 0.717) is 12.0 Å². The Morgan fingerprint density at radius 2 is 2.15 bits per heavy atom. The van der Waals surface area contributed by atoms with Crippen LogP contribution in [0, 0.1) is 0 Å². The van der Waals surface area contributed by atoms with Crippen LogP contribution in [0.1, 0.15) is 23.3 Å². The highest BCUT2D eigenvalue weighted by Gasteiger charge is 2.24. The van der Waals surface area contributed by atoms with E-state index < -0.39 is 0 Å². The number of nitrogens with one attached hydrogen (secondary N) is 1. The third-order valence-corrected chi connectivity index (χ3v) is 5.18. The quantitative estimate of drug-likeness (QED) is 0.899. The van der Waals surface area contributed by atoms with Crippen molar-refractivity contribution in [3.8, 4) is 0 Å². The van der Waals surface area contributed by atoms with Crippen LogP contribution >= 0.6 is 11.3 Å². The lowest BCUT2D eigenvalue weighted by Crippen LogP contribution is -2.34. The van der Waals surface area contributed by atoms with Crippen LogP contribution in [0.4, 0.5) is 5.69 Å². The lowest BCUT2D eigenvalue weighted by Gasteiger charge is -2.27. The molecule has 1 aromatic carbocycles. The number of para-hydroxylation sites is 1. The van der Waals surface area contributed by atoms with Crippen LogP contribution in [0.3, 0.4) is 0 Å². The van der Waals surface area contributed by atoms with Gasteiger partial charge in [-0.05, 0) is 43.5 Å². The van der Waals surface area contributed by atoms with E-state index in [1.165, 1.54) is 16.1 Å². The molecular formula is C17H22N2S. The fourth-order valence-electron chi connectivity index (χ4n) is 2.92. The molecule has 0 fully saturated rings. The Bertz CT molecular complexity index is 550. The SMILES string of the molecule is CC(Cc1cccs1)N(C)CC1CNc2ccccc21. The molecule has 2 atom stereocenters. The van der Waals surface area contributed by atoms with Crippen molar-refractivity contribution in [3.05, 3.63) is 52.2 Å². The third-order valence-electron chi connectivity index (χ3n) is 4.28. The highest BCUT2D eigenvalue weighted by molar-refractivity contribution is 7.09. The Hall–Kier alpha value is -1.32. The minimum atomic E-state index is 0.585. The molecular weight excluding hydrogens is 264 g/mol. The van der Waals surface area contributed by atoms with Gasteiger partial charge in [0, 0.05) is 35.6 Å². The summed E-state index contributed by atoms with van der Waals surface area (Å²) in [6.07, 6.45) is 1.15. The highest BCUT2D eigenvalue weighted by Crippen LogP contribution is 2.31. The zero-order valence-corrected chi connectivity index (χ0v) is 13.0. The fraction of sp³-hybridized carbons (Fsp3) is 0.412. The Kier molecular flexibility index (Phi) is 4.08. The first-order chi connectivity index (χ1) is 9.74. The monoisotopic (exact) mass is 286 g/mol. The maximum atomic E-state index is 3.52. The lowest BCUT2D eigenvalue weighted by molar-refractivity contribution is 0.245. The van der Waals surface area contributed by atoms with Gasteiger partial charge in [0.15, 0.2) is 0 Å². The second-order valence-electron chi connectivity index (χ2n) is 5.74. The van der Waals surface area contributed by atoms with Crippen molar-refractivity contribution in [2.24, 2.45) is 0 Å². The normalized spacial score (nSPS) is 18.9. The predicted molar refractivity (Wildman–Crippen MR) is 87.8 cm³/mol. The van der Waals surface area contributed by atoms with Crippen LogP contribution in [-0.2, 0) is 6.42 Å². The molecule has 2 unspecified atom stereocenters. The Morgan fingerprint density at radius 3 is 2.95 bits per heavy atom. The zero-order chi connectivity index (χ0) is 13.9. The second-order valence-corrected chi connectivity index (χ2v) is 6.77. The van der Waals surface area contributed by atoms with Gasteiger partial charge in [-0.25, -0.2) is 0 Å². The second kappa shape index (κ2) is 5.98. The van der Waals surface area contributed by atoms with E-state index in [-0.39, 0.29) is 0 Å². The van der Waals surface area contributed by atoms with Crippen molar-refractivity contribution < 1.29 is 0 Å². The molecule has 0 saturated heterocycles. The zero-order valence-electron chi connectivity index (χ0n) is 12.2. The summed E-state index contributed by atoms with van der Waals surface area (Å²) in [6.45, 7) is 4.51. The minimum Gasteiger partial charge on any atom is -0.384 e. The minimum absolute atomic E-state index is 0.585. The average molecular weight is 286 g/mol. The Labute approximate surface area is 125 Å². The van der Waals surface area contributed by atoms with Crippen molar-refractivity contribution in [1.29, 1.82) is 0 Å². The summed E-state index contributed by atoms with van der Waals surface area (Å²) >= 11 is 1.86. The average Bonchev–Trinajstić information content (AvgIpc) is 3.09. The van der Waals surface area contributed by atoms with Gasteiger partial charge in [-0.1, -0.05) is 24.3 Å². The van der Waals surface area contributed by atoms with Crippen molar-refractivity contribution in [1.82, 2.24) is 4.90 Å². The van der Waals surface area contributed by atoms with E-state index >= 15 is 0 Å². The van der Waals surface area contributed by atoms with Gasteiger partial charge >= 0.3 is 0 Å². The van der Waals surface area contributed by atoms with Gasteiger partial charge in [0.25, 0.3) is 0 Å². The van der Waals surface area contributed by atoms with Gasteiger partial charge in [0.1, 0.15) is 0 Å². The van der Waals surface area contributed by atoms with E-state index in [1.807, 2.05) is 11.3 Å². The van der Waals surface area contributed by atoms with Crippen molar-refractivity contribution in [3.63, 3.8) is 0 Å². The van der Waals surface area contributed by atoms with Crippen LogP contribution in [0.15, 0.2) is 41.8 Å². The smallest absolute Gasteiger partial charge is 0.0376 e. The standard InChI is InChI=1S/C17H22N2S/c1-13(10-15-6-5-9-20-15)19(2)12-14-11-18-17-8-4-3-7-16(14)17/h3-9,13-14,18H,10-12H2,1-2H3. The molecule has 0 radical (unpaired) electrons. The van der Waals surface area contributed by atoms with Gasteiger partial charge < -0.3 is 10.2 Å². The van der Waals surface area contributed by atoms with Gasteiger partial charge in [-0.3, -0.25) is 0 Å². The number of nitrogens with zero attached hydrogens (tertiary/aromatic N) is 1. The summed E-state index contributed by atoms with van der Waals surface area (Å²) in [4.78, 5) is 3.98. The molecule has 1 aliphatic rings. The number of rotatable bonds is 5. The Morgan fingerprint density at radius 1 is 1.30 bits per heavy atom. The van der Waals surface area contributed by atoms with Crippen molar-refractivity contribution in [2.45, 2.75) is 25.3 Å². The van der Waals surface area contributed by atoms with Gasteiger partial charge in [-0.2, -0.15) is 0 Å². The van der Waals surface area contributed by atoms with Crippen molar-refractivity contribution >= 4 is 17.0 Å². The van der Waals surface area contributed by atoms with Crippen LogP contribution in [0.5, 0.6) is 0 Å². The van der Waals surface area contributed by atoms with Crippen LogP contribution in [-0.4, -0.2) is 31.1 Å². The molecule has 2 heterocycles. The summed E-state index contributed by atoms with van der Waals surface area (Å²) in [5.74, 6) is 0.613. The number of hydrogen-bond donors (Lipinski definition) is 1. The fourth-order valence-corrected chi connectivity index (χ4v) is 3.75. The lowest BCUT2D eigenvalue weighted by atomic mass is 10.00. The van der Waals surface area contributed by atoms with Gasteiger partial charge in [-0.15, -0.1) is 11.3 Å². The highest BCUT2D eigenvalue weighted by atomic mass is 32.1. The van der Waals surface area contributed by atoms with E-state index in [9.17, 15) is 0 Å². The maximum Gasteiger partial charge on any atom is 0.0376 e. The maximum absolute atomic E-state index is 3.52. The van der Waals surface area contributed by atoms with Crippen LogP contribution < -0.4 is 5.32 Å². The first-order valence-electron chi connectivity index (χ1n) is 7.29. The molecule has 20 heavy (non-hydrogen) atoms. The largest absolute Gasteiger partial charge is 0.384 e. The molecule has 1 aromatic heterocycles. The summed E-state index contributed by atoms with van der Waals surface area (Å²) in [5, 5.41) is 5.68. The molecule has 0 bridgehead atoms. The summed E-state index contributed by atoms with van der Waals surface area (Å²) in [7, 11) is 2.25. The molecule has 1 N–H and O–H groups in total. The van der Waals surface area contributed by atoms with Crippen molar-refractivity contribution in [2.75, 3.05) is 25.5 Å². The van der Waals surface area contributed by atoms with Gasteiger partial charge in [0.2, 0.25) is 0 Å². The summed E-state index contributed by atoms with van der Waals surface area (Å²) < 4.78 is 0. The molecule has 2 aromatic rings. The molecule has 3 heteroatoms. The van der Waals surface area contributed by atoms with Crippen LogP contribution in [0.2, 0.25) is 0 Å². The molecule has 2 nitrogen and oxygen atoms in total. The summed E-state index contributed by atoms with van der Waals surface area (Å²) in [5.41, 5.74) is 2.79. The molecule has 0 amide bonds. The molecule has 3 rings (SSSR count). The molecule has 1 aliphatic heterocycles. The summed E-state index contributed by atoms with van der Waals surface area (Å²) in [6, 6.07) is 13.7. The van der Waals surface area contributed by atoms with E-state index in [1.54, 1.807) is 0 Å². The first kappa shape index (κ1) is 13.7. The van der Waals surface area contributed by atoms with Crippen LogP contribution in [0.25, 0.3) is 0 Å². The molecule has 0 aliphatic carbocycles. The number of benzene rings is 1. The molecule has 0 saturated carbocycles. The van der Waals surface area contributed by atoms with E-state index in [0.717, 1.165) is 19.5 Å². The Balaban J connectivity index is 1.61. The topological polar surface area (TPSA) is 15.3 Å². The number of likely N-dealkylation sites (N-methyl/N-ethyl adjacent to an activating group) is 1. The van der Waals surface area contributed by atoms with E-state index in [2.05, 4.69) is 66.0 Å². The van der Waals surface area contributed by atoms with E-state index in [4.69, 9.17) is 0 Å². The van der Waals surface area contributed by atoms with Gasteiger partial charge in [0.05, 0.1) is 0 Å². The number of anilines is 1. The number of hydrogen-bond acceptors (Lipinski definition) is 3. The third kappa shape index (κ3) is 2.89. The number of fused-ring (bicyclic) bond motifs is 1. The first-order valence-corrected chi connectivity index (χ1v) is 8.17. The predicted octanol–water partition coefficient (Wildman–Crippen LogP) is 3.82.